The number of aliphatic imine (C=N–C) groups is 1. The normalized spacial score (nSPS) is 15.2. The highest BCUT2D eigenvalue weighted by molar-refractivity contribution is 6.33. The van der Waals surface area contributed by atoms with E-state index in [1.165, 1.54) is 41.3 Å². The molecule has 1 aliphatic rings. The van der Waals surface area contributed by atoms with Crippen LogP contribution in [0.25, 0.3) is 6.08 Å². The first-order chi connectivity index (χ1) is 13.5. The van der Waals surface area contributed by atoms with Gasteiger partial charge in [-0.05, 0) is 43.3 Å². The van der Waals surface area contributed by atoms with Crippen LogP contribution in [0.2, 0.25) is 0 Å². The highest BCUT2D eigenvalue weighted by atomic mass is 19.1. The van der Waals surface area contributed by atoms with E-state index in [4.69, 9.17) is 0 Å². The fourth-order valence-corrected chi connectivity index (χ4v) is 2.98. The van der Waals surface area contributed by atoms with Crippen LogP contribution >= 0.6 is 0 Å². The van der Waals surface area contributed by atoms with Gasteiger partial charge in [-0.15, -0.1) is 0 Å². The monoisotopic (exact) mass is 374 g/mol. The first-order valence-corrected chi connectivity index (χ1v) is 8.75. The summed E-state index contributed by atoms with van der Waals surface area (Å²) in [4.78, 5) is 19.0. The van der Waals surface area contributed by atoms with Crippen LogP contribution in [0.1, 0.15) is 16.7 Å². The first-order valence-electron chi connectivity index (χ1n) is 8.75. The molecule has 0 N–H and O–H groups in total. The van der Waals surface area contributed by atoms with Crippen molar-refractivity contribution in [1.82, 2.24) is 0 Å². The number of benzene rings is 3. The lowest BCUT2D eigenvalue weighted by Gasteiger charge is -2.18. The molecule has 3 nitrogen and oxygen atoms in total. The van der Waals surface area contributed by atoms with Crippen LogP contribution in [0, 0.1) is 18.6 Å². The lowest BCUT2D eigenvalue weighted by molar-refractivity contribution is -0.113. The Bertz CT molecular complexity index is 1100. The summed E-state index contributed by atoms with van der Waals surface area (Å²) >= 11 is 0. The second-order valence-electron chi connectivity index (χ2n) is 6.47. The number of aryl methyl sites for hydroxylation is 1. The van der Waals surface area contributed by atoms with E-state index < -0.39 is 17.5 Å². The van der Waals surface area contributed by atoms with E-state index in [0.717, 1.165) is 11.1 Å². The molecular formula is C23H16F2N2O. The van der Waals surface area contributed by atoms with Crippen LogP contribution in [0.3, 0.4) is 0 Å². The number of hydrogen-bond acceptors (Lipinski definition) is 2. The van der Waals surface area contributed by atoms with Gasteiger partial charge in [0.15, 0.2) is 0 Å². The van der Waals surface area contributed by atoms with Gasteiger partial charge in [0.1, 0.15) is 23.2 Å². The van der Waals surface area contributed by atoms with Gasteiger partial charge in [0, 0.05) is 11.1 Å². The molecule has 0 fully saturated rings. The molecule has 28 heavy (non-hydrogen) atoms. The topological polar surface area (TPSA) is 32.7 Å². The fourth-order valence-electron chi connectivity index (χ4n) is 2.98. The molecule has 0 unspecified atom stereocenters. The van der Waals surface area contributed by atoms with Gasteiger partial charge in [0.25, 0.3) is 5.91 Å². The van der Waals surface area contributed by atoms with Crippen molar-refractivity contribution in [2.75, 3.05) is 4.90 Å². The Morgan fingerprint density at radius 1 is 0.893 bits per heavy atom. The van der Waals surface area contributed by atoms with Crippen molar-refractivity contribution in [1.29, 1.82) is 0 Å². The van der Waals surface area contributed by atoms with Gasteiger partial charge in [-0.3, -0.25) is 9.69 Å². The van der Waals surface area contributed by atoms with Crippen LogP contribution in [-0.2, 0) is 4.79 Å². The molecule has 3 aromatic rings. The Kier molecular flexibility index (Phi) is 4.57. The molecule has 0 aliphatic carbocycles. The molecule has 1 amide bonds. The second-order valence-corrected chi connectivity index (χ2v) is 6.47. The van der Waals surface area contributed by atoms with Gasteiger partial charge in [-0.2, -0.15) is 0 Å². The number of amides is 1. The number of amidine groups is 1. The smallest absolute Gasteiger partial charge is 0.266 e. The van der Waals surface area contributed by atoms with Crippen molar-refractivity contribution in [3.63, 3.8) is 0 Å². The first kappa shape index (κ1) is 17.8. The number of rotatable bonds is 3. The van der Waals surface area contributed by atoms with Gasteiger partial charge in [0.2, 0.25) is 0 Å². The quantitative estimate of drug-likeness (QED) is 0.587. The lowest BCUT2D eigenvalue weighted by Crippen LogP contribution is -2.32. The number of anilines is 1. The Morgan fingerprint density at radius 2 is 1.57 bits per heavy atom. The predicted octanol–water partition coefficient (Wildman–Crippen LogP) is 5.11. The zero-order valence-electron chi connectivity index (χ0n) is 15.1. The zero-order valence-corrected chi connectivity index (χ0v) is 15.1. The van der Waals surface area contributed by atoms with Gasteiger partial charge in [0.05, 0.1) is 5.69 Å². The third-order valence-corrected chi connectivity index (χ3v) is 4.45. The predicted molar refractivity (Wildman–Crippen MR) is 106 cm³/mol. The molecule has 1 heterocycles. The van der Waals surface area contributed by atoms with E-state index in [-0.39, 0.29) is 11.3 Å². The minimum Gasteiger partial charge on any atom is -0.266 e. The number of nitrogens with zero attached hydrogens (tertiary/aromatic N) is 2. The molecule has 0 saturated carbocycles. The molecule has 0 saturated heterocycles. The number of halogens is 2. The van der Waals surface area contributed by atoms with E-state index in [9.17, 15) is 13.6 Å². The molecule has 1 aliphatic heterocycles. The second kappa shape index (κ2) is 7.19. The van der Waals surface area contributed by atoms with Crippen LogP contribution in [0.15, 0.2) is 83.5 Å². The third-order valence-electron chi connectivity index (χ3n) is 4.45. The molecule has 0 bridgehead atoms. The molecule has 0 spiro atoms. The maximum Gasteiger partial charge on any atom is 0.282 e. The minimum absolute atomic E-state index is 0.116. The van der Waals surface area contributed by atoms with Crippen molar-refractivity contribution < 1.29 is 13.6 Å². The molecule has 0 radical (unpaired) electrons. The van der Waals surface area contributed by atoms with Gasteiger partial charge in [-0.25, -0.2) is 13.8 Å². The van der Waals surface area contributed by atoms with Crippen molar-refractivity contribution in [2.45, 2.75) is 6.92 Å². The van der Waals surface area contributed by atoms with E-state index >= 15 is 0 Å². The van der Waals surface area contributed by atoms with Crippen molar-refractivity contribution in [3.8, 4) is 0 Å². The summed E-state index contributed by atoms with van der Waals surface area (Å²) in [5.74, 6) is -0.814. The molecule has 0 aromatic heterocycles. The lowest BCUT2D eigenvalue weighted by atomic mass is 10.1. The molecule has 3 aromatic carbocycles. The molecular weight excluding hydrogens is 358 g/mol. The molecule has 5 heteroatoms. The Labute approximate surface area is 161 Å². The molecule has 138 valence electrons. The van der Waals surface area contributed by atoms with Gasteiger partial charge < -0.3 is 0 Å². The highest BCUT2D eigenvalue weighted by Crippen LogP contribution is 2.28. The summed E-state index contributed by atoms with van der Waals surface area (Å²) in [6, 6.07) is 19.4. The van der Waals surface area contributed by atoms with E-state index in [1.807, 2.05) is 31.2 Å². The van der Waals surface area contributed by atoms with Crippen LogP contribution in [0.5, 0.6) is 0 Å². The standard InChI is InChI=1S/C23H16F2N2O/c1-15-6-8-16(9-7-15)22-26-21(14-17-4-2-3-5-20(17)25)23(28)27(22)19-12-10-18(24)11-13-19/h2-14H,1H3/b21-14+. The Morgan fingerprint density at radius 3 is 2.25 bits per heavy atom. The summed E-state index contributed by atoms with van der Waals surface area (Å²) < 4.78 is 27.4. The molecule has 4 rings (SSSR count). The van der Waals surface area contributed by atoms with Gasteiger partial charge >= 0.3 is 0 Å². The van der Waals surface area contributed by atoms with Crippen molar-refractivity contribution >= 4 is 23.5 Å². The Balaban J connectivity index is 1.84. The summed E-state index contributed by atoms with van der Waals surface area (Å²) in [7, 11) is 0. The average molecular weight is 374 g/mol. The van der Waals surface area contributed by atoms with Crippen LogP contribution in [0.4, 0.5) is 14.5 Å². The van der Waals surface area contributed by atoms with Crippen molar-refractivity contribution in [2.24, 2.45) is 4.99 Å². The zero-order chi connectivity index (χ0) is 19.7. The highest BCUT2D eigenvalue weighted by Gasteiger charge is 2.32. The fraction of sp³-hybridized carbons (Fsp3) is 0.0435. The summed E-state index contributed by atoms with van der Waals surface area (Å²) in [6.45, 7) is 1.96. The molecule has 0 atom stereocenters. The minimum atomic E-state index is -0.435. The van der Waals surface area contributed by atoms with Gasteiger partial charge in [-0.1, -0.05) is 48.0 Å². The van der Waals surface area contributed by atoms with E-state index in [1.54, 1.807) is 18.2 Å². The third kappa shape index (κ3) is 3.34. The maximum atomic E-state index is 14.0. The number of carbonyl (C=O) groups is 1. The number of carbonyl (C=O) groups excluding carboxylic acids is 1. The maximum absolute atomic E-state index is 14.0. The summed E-state index contributed by atoms with van der Waals surface area (Å²) in [6.07, 6.45) is 1.43. The average Bonchev–Trinajstić information content (AvgIpc) is 3.01. The van der Waals surface area contributed by atoms with Crippen LogP contribution in [-0.4, -0.2) is 11.7 Å². The van der Waals surface area contributed by atoms with E-state index in [2.05, 4.69) is 4.99 Å². The van der Waals surface area contributed by atoms with Crippen molar-refractivity contribution in [3.05, 3.63) is 107 Å². The summed E-state index contributed by atoms with van der Waals surface area (Å²) in [5, 5.41) is 0. The largest absolute Gasteiger partial charge is 0.282 e. The van der Waals surface area contributed by atoms with E-state index in [0.29, 0.717) is 11.5 Å². The van der Waals surface area contributed by atoms with Crippen LogP contribution < -0.4 is 4.90 Å². The number of hydrogen-bond donors (Lipinski definition) is 0. The Hall–Kier alpha value is -3.60. The SMILES string of the molecule is Cc1ccc(C2=N/C(=C/c3ccccc3F)C(=O)N2c2ccc(F)cc2)cc1. The summed E-state index contributed by atoms with van der Waals surface area (Å²) in [5.41, 5.74) is 2.69.